The van der Waals surface area contributed by atoms with Gasteiger partial charge in [0.2, 0.25) is 10.0 Å². The lowest BCUT2D eigenvalue weighted by Gasteiger charge is -2.60. The zero-order valence-electron chi connectivity index (χ0n) is 22.5. The number of aliphatic hydroxyl groups is 1. The maximum absolute atomic E-state index is 13.6. The first-order valence-electron chi connectivity index (χ1n) is 15.3. The molecule has 2 aliphatic heterocycles. The zero-order valence-corrected chi connectivity index (χ0v) is 23.3. The van der Waals surface area contributed by atoms with Crippen LogP contribution >= 0.6 is 0 Å². The van der Waals surface area contributed by atoms with Gasteiger partial charge in [0.1, 0.15) is 0 Å². The molecule has 2 heterocycles. The molecule has 5 aliphatic rings. The van der Waals surface area contributed by atoms with Crippen molar-refractivity contribution < 1.29 is 13.5 Å². The van der Waals surface area contributed by atoms with E-state index in [0.29, 0.717) is 31.0 Å². The Morgan fingerprint density at radius 1 is 0.771 bits per heavy atom. The molecule has 1 N–H and O–H groups in total. The summed E-state index contributed by atoms with van der Waals surface area (Å²) in [6.07, 6.45) is 16.5. The minimum atomic E-state index is -3.22. The third-order valence-corrected chi connectivity index (χ3v) is 13.8. The van der Waals surface area contributed by atoms with E-state index in [1.807, 2.05) is 4.31 Å². The van der Waals surface area contributed by atoms with Gasteiger partial charge in [0.25, 0.3) is 0 Å². The summed E-state index contributed by atoms with van der Waals surface area (Å²) in [5, 5.41) is 10.2. The molecule has 0 aromatic rings. The smallest absolute Gasteiger partial charge is 0.217 e. The molecule has 3 saturated carbocycles. The highest BCUT2D eigenvalue weighted by atomic mass is 32.2. The molecule has 6 atom stereocenters. The quantitative estimate of drug-likeness (QED) is 0.549. The van der Waals surface area contributed by atoms with Crippen molar-refractivity contribution in [1.29, 1.82) is 0 Å². The van der Waals surface area contributed by atoms with Gasteiger partial charge >= 0.3 is 0 Å². The van der Waals surface area contributed by atoms with Crippen molar-refractivity contribution >= 4 is 10.0 Å². The van der Waals surface area contributed by atoms with E-state index < -0.39 is 10.0 Å². The molecule has 3 aliphatic carbocycles. The van der Waals surface area contributed by atoms with E-state index in [1.165, 1.54) is 51.4 Å². The Labute approximate surface area is 215 Å². The van der Waals surface area contributed by atoms with E-state index in [4.69, 9.17) is 0 Å². The molecule has 202 valence electrons. The number of fused-ring (bicyclic) bond motifs is 1. The Morgan fingerprint density at radius 3 is 2.17 bits per heavy atom. The molecule has 0 radical (unpaired) electrons. The summed E-state index contributed by atoms with van der Waals surface area (Å²) >= 11 is 0. The van der Waals surface area contributed by atoms with Gasteiger partial charge < -0.3 is 5.11 Å². The van der Waals surface area contributed by atoms with Crippen LogP contribution in [0.3, 0.4) is 0 Å². The van der Waals surface area contributed by atoms with Gasteiger partial charge in [-0.25, -0.2) is 12.7 Å². The molecule has 4 unspecified atom stereocenters. The highest BCUT2D eigenvalue weighted by Gasteiger charge is 2.53. The Morgan fingerprint density at radius 2 is 1.46 bits per heavy atom. The van der Waals surface area contributed by atoms with Crippen LogP contribution in [0, 0.1) is 35.5 Å². The molecular formula is C29H52N2O3S. The van der Waals surface area contributed by atoms with Gasteiger partial charge in [-0.2, -0.15) is 0 Å². The van der Waals surface area contributed by atoms with Crippen LogP contribution in [0.2, 0.25) is 0 Å². The van der Waals surface area contributed by atoms with Gasteiger partial charge in [0.15, 0.2) is 0 Å². The van der Waals surface area contributed by atoms with Gasteiger partial charge in [-0.3, -0.25) is 4.90 Å². The summed E-state index contributed by atoms with van der Waals surface area (Å²) in [5.74, 6) is 4.64. The number of sulfonamides is 1. The van der Waals surface area contributed by atoms with Gasteiger partial charge in [0, 0.05) is 25.2 Å². The van der Waals surface area contributed by atoms with E-state index in [9.17, 15) is 13.5 Å². The highest BCUT2D eigenvalue weighted by molar-refractivity contribution is 7.89. The molecule has 0 aromatic carbocycles. The Bertz CT molecular complexity index is 790. The SMILES string of the molecule is CC1CCCC(C2CCC([C@H]3C4CN(S(=O)(=O)C5CCCCC5)CCCCN4[C@@H]3CO)CC2)C1C. The Balaban J connectivity index is 1.26. The molecule has 6 heteroatoms. The molecule has 2 saturated heterocycles. The first-order chi connectivity index (χ1) is 16.9. The van der Waals surface area contributed by atoms with Crippen LogP contribution in [0.25, 0.3) is 0 Å². The fourth-order valence-corrected chi connectivity index (χ4v) is 11.3. The molecule has 5 nitrogen and oxygen atoms in total. The summed E-state index contributed by atoms with van der Waals surface area (Å²) < 4.78 is 29.2. The number of rotatable bonds is 5. The second-order valence-corrected chi connectivity index (χ2v) is 15.3. The van der Waals surface area contributed by atoms with Crippen LogP contribution in [0.15, 0.2) is 0 Å². The molecular weight excluding hydrogens is 456 g/mol. The molecule has 35 heavy (non-hydrogen) atoms. The maximum Gasteiger partial charge on any atom is 0.217 e. The van der Waals surface area contributed by atoms with Crippen molar-refractivity contribution in [3.8, 4) is 0 Å². The monoisotopic (exact) mass is 508 g/mol. The summed E-state index contributed by atoms with van der Waals surface area (Å²) in [4.78, 5) is 2.49. The van der Waals surface area contributed by atoms with Crippen molar-refractivity contribution in [2.24, 2.45) is 35.5 Å². The van der Waals surface area contributed by atoms with Crippen LogP contribution in [0.5, 0.6) is 0 Å². The van der Waals surface area contributed by atoms with Crippen LogP contribution in [0.1, 0.15) is 104 Å². The van der Waals surface area contributed by atoms with Gasteiger partial charge in [-0.1, -0.05) is 46.0 Å². The predicted molar refractivity (Wildman–Crippen MR) is 143 cm³/mol. The first kappa shape index (κ1) is 26.4. The predicted octanol–water partition coefficient (Wildman–Crippen LogP) is 5.28. The molecule has 5 rings (SSSR count). The molecule has 0 aromatic heterocycles. The normalized spacial score (nSPS) is 43.1. The summed E-state index contributed by atoms with van der Waals surface area (Å²) in [6, 6.07) is 0.550. The number of hydrogen-bond donors (Lipinski definition) is 1. The van der Waals surface area contributed by atoms with Crippen molar-refractivity contribution in [2.45, 2.75) is 121 Å². The lowest BCUT2D eigenvalue weighted by Crippen LogP contribution is -2.71. The largest absolute Gasteiger partial charge is 0.395 e. The molecule has 0 spiro atoms. The number of hydrogen-bond acceptors (Lipinski definition) is 4. The standard InChI is InChI=1S/C29H52N2O3S/c1-21-9-8-12-26(22(21)2)23-13-15-24(16-14-23)29-27-19-30(17-6-7-18-31(27)28(29)20-32)35(33,34)25-10-4-3-5-11-25/h21-29,32H,3-20H2,1-2H3/t21?,22?,23?,24?,26?,27?,28-,29+/m1/s1. The Hall–Kier alpha value is -0.170. The maximum atomic E-state index is 13.6. The van der Waals surface area contributed by atoms with Crippen molar-refractivity contribution in [3.63, 3.8) is 0 Å². The van der Waals surface area contributed by atoms with Crippen LogP contribution in [0.4, 0.5) is 0 Å². The number of nitrogens with zero attached hydrogens (tertiary/aromatic N) is 2. The fraction of sp³-hybridized carbons (Fsp3) is 1.00. The summed E-state index contributed by atoms with van der Waals surface area (Å²) in [7, 11) is -3.22. The van der Waals surface area contributed by atoms with Gasteiger partial charge in [-0.05, 0) is 99.8 Å². The summed E-state index contributed by atoms with van der Waals surface area (Å²) in [6.45, 7) is 7.58. The first-order valence-corrected chi connectivity index (χ1v) is 16.8. The lowest BCUT2D eigenvalue weighted by molar-refractivity contribution is -0.123. The van der Waals surface area contributed by atoms with Crippen molar-refractivity contribution in [3.05, 3.63) is 0 Å². The third-order valence-electron chi connectivity index (χ3n) is 11.5. The average Bonchev–Trinajstić information content (AvgIpc) is 2.85. The minimum absolute atomic E-state index is 0.161. The van der Waals surface area contributed by atoms with Gasteiger partial charge in [0.05, 0.1) is 11.9 Å². The van der Waals surface area contributed by atoms with E-state index in [0.717, 1.165) is 68.7 Å². The minimum Gasteiger partial charge on any atom is -0.395 e. The van der Waals surface area contributed by atoms with Crippen LogP contribution in [-0.2, 0) is 10.0 Å². The van der Waals surface area contributed by atoms with Crippen LogP contribution in [-0.4, -0.2) is 66.3 Å². The second-order valence-electron chi connectivity index (χ2n) is 13.1. The third kappa shape index (κ3) is 5.25. The molecule has 0 amide bonds. The van der Waals surface area contributed by atoms with E-state index in [1.54, 1.807) is 0 Å². The van der Waals surface area contributed by atoms with E-state index >= 15 is 0 Å². The van der Waals surface area contributed by atoms with Crippen molar-refractivity contribution in [2.75, 3.05) is 26.2 Å². The van der Waals surface area contributed by atoms with Gasteiger partial charge in [-0.15, -0.1) is 0 Å². The lowest BCUT2D eigenvalue weighted by atomic mass is 9.60. The molecule has 0 bridgehead atoms. The highest BCUT2D eigenvalue weighted by Crippen LogP contribution is 2.50. The topological polar surface area (TPSA) is 60.9 Å². The van der Waals surface area contributed by atoms with E-state index in [2.05, 4.69) is 18.7 Å². The number of aliphatic hydroxyl groups excluding tert-OH is 1. The second kappa shape index (κ2) is 11.3. The summed E-state index contributed by atoms with van der Waals surface area (Å²) in [5.41, 5.74) is 0. The molecule has 5 fully saturated rings. The zero-order chi connectivity index (χ0) is 24.6. The Kier molecular flexibility index (Phi) is 8.53. The van der Waals surface area contributed by atoms with Crippen molar-refractivity contribution in [1.82, 2.24) is 9.21 Å². The van der Waals surface area contributed by atoms with Crippen LogP contribution < -0.4 is 0 Å². The fourth-order valence-electron chi connectivity index (χ4n) is 9.19. The average molecular weight is 509 g/mol. The van der Waals surface area contributed by atoms with E-state index in [-0.39, 0.29) is 17.9 Å².